The summed E-state index contributed by atoms with van der Waals surface area (Å²) in [5, 5.41) is 2.82. The summed E-state index contributed by atoms with van der Waals surface area (Å²) in [4.78, 5) is 10.7. The molecule has 0 aromatic carbocycles. The average Bonchev–Trinajstić information content (AvgIpc) is 2.33. The van der Waals surface area contributed by atoms with E-state index < -0.39 is 0 Å². The van der Waals surface area contributed by atoms with Crippen LogP contribution in [0, 0.1) is 5.92 Å². The molecule has 3 heteroatoms. The van der Waals surface area contributed by atoms with Gasteiger partial charge in [0.15, 0.2) is 0 Å². The Kier molecular flexibility index (Phi) is 1.29. The monoisotopic (exact) mass is 141 g/mol. The van der Waals surface area contributed by atoms with E-state index in [9.17, 15) is 4.79 Å². The first-order valence-corrected chi connectivity index (χ1v) is 3.79. The van der Waals surface area contributed by atoms with E-state index in [4.69, 9.17) is 4.74 Å². The minimum absolute atomic E-state index is 0.233. The largest absolute Gasteiger partial charge is 0.449 e. The number of fused-ring (bicyclic) bond motifs is 1. The fourth-order valence-corrected chi connectivity index (χ4v) is 1.80. The van der Waals surface area contributed by atoms with Crippen molar-refractivity contribution < 1.29 is 9.53 Å². The Morgan fingerprint density at radius 2 is 2.40 bits per heavy atom. The number of nitrogens with one attached hydrogen (secondary N) is 1. The van der Waals surface area contributed by atoms with Gasteiger partial charge in [0.1, 0.15) is 0 Å². The number of hydrogen-bond donors (Lipinski definition) is 1. The van der Waals surface area contributed by atoms with Crippen LogP contribution in [0.15, 0.2) is 0 Å². The SMILES string of the molecule is O=C1N[C@H]2CCC[C@@H]2CO1. The molecule has 2 aliphatic rings. The molecule has 1 amide bonds. The maximum Gasteiger partial charge on any atom is 0.407 e. The molecule has 0 aromatic rings. The number of hydrogen-bond acceptors (Lipinski definition) is 2. The van der Waals surface area contributed by atoms with Gasteiger partial charge < -0.3 is 10.1 Å². The first-order valence-electron chi connectivity index (χ1n) is 3.79. The lowest BCUT2D eigenvalue weighted by Gasteiger charge is -2.25. The van der Waals surface area contributed by atoms with Gasteiger partial charge in [0, 0.05) is 12.0 Å². The Morgan fingerprint density at radius 1 is 1.50 bits per heavy atom. The van der Waals surface area contributed by atoms with E-state index in [0.717, 1.165) is 6.42 Å². The number of carbonyl (C=O) groups excluding carboxylic acids is 1. The highest BCUT2D eigenvalue weighted by Gasteiger charge is 2.33. The minimum atomic E-state index is -0.233. The van der Waals surface area contributed by atoms with Crippen molar-refractivity contribution in [2.45, 2.75) is 25.3 Å². The van der Waals surface area contributed by atoms with E-state index in [1.165, 1.54) is 12.8 Å². The summed E-state index contributed by atoms with van der Waals surface area (Å²) in [6.45, 7) is 0.635. The number of rotatable bonds is 0. The van der Waals surface area contributed by atoms with E-state index >= 15 is 0 Å². The Hall–Kier alpha value is -0.730. The summed E-state index contributed by atoms with van der Waals surface area (Å²) in [6.07, 6.45) is 3.35. The lowest BCUT2D eigenvalue weighted by Crippen LogP contribution is -2.44. The minimum Gasteiger partial charge on any atom is -0.449 e. The third-order valence-electron chi connectivity index (χ3n) is 2.39. The molecule has 0 unspecified atom stereocenters. The van der Waals surface area contributed by atoms with Gasteiger partial charge in [0.2, 0.25) is 0 Å². The lowest BCUT2D eigenvalue weighted by atomic mass is 10.0. The van der Waals surface area contributed by atoms with Crippen LogP contribution in [0.25, 0.3) is 0 Å². The maximum absolute atomic E-state index is 10.7. The van der Waals surface area contributed by atoms with Gasteiger partial charge >= 0.3 is 6.09 Å². The number of cyclic esters (lactones) is 1. The molecule has 1 saturated heterocycles. The van der Waals surface area contributed by atoms with Crippen molar-refractivity contribution in [3.05, 3.63) is 0 Å². The molecule has 0 radical (unpaired) electrons. The topological polar surface area (TPSA) is 38.3 Å². The lowest BCUT2D eigenvalue weighted by molar-refractivity contribution is 0.0901. The molecule has 2 fully saturated rings. The van der Waals surface area contributed by atoms with Gasteiger partial charge in [-0.2, -0.15) is 0 Å². The summed E-state index contributed by atoms with van der Waals surface area (Å²) in [6, 6.07) is 0.418. The maximum atomic E-state index is 10.7. The molecule has 0 spiro atoms. The van der Waals surface area contributed by atoms with Crippen LogP contribution in [0.3, 0.4) is 0 Å². The molecule has 1 N–H and O–H groups in total. The third kappa shape index (κ3) is 0.856. The van der Waals surface area contributed by atoms with Crippen LogP contribution in [0.1, 0.15) is 19.3 Å². The highest BCUT2D eigenvalue weighted by molar-refractivity contribution is 5.68. The van der Waals surface area contributed by atoms with E-state index in [0.29, 0.717) is 18.6 Å². The van der Waals surface area contributed by atoms with Crippen LogP contribution in [0.2, 0.25) is 0 Å². The van der Waals surface area contributed by atoms with Crippen LogP contribution in [-0.2, 0) is 4.74 Å². The summed E-state index contributed by atoms with van der Waals surface area (Å²) in [5.41, 5.74) is 0. The second-order valence-electron chi connectivity index (χ2n) is 3.04. The van der Waals surface area contributed by atoms with Gasteiger partial charge in [-0.1, -0.05) is 6.42 Å². The molecular weight excluding hydrogens is 130 g/mol. The fraction of sp³-hybridized carbons (Fsp3) is 0.857. The normalized spacial score (nSPS) is 38.2. The van der Waals surface area contributed by atoms with Crippen molar-refractivity contribution >= 4 is 6.09 Å². The Labute approximate surface area is 59.7 Å². The third-order valence-corrected chi connectivity index (χ3v) is 2.39. The molecule has 1 heterocycles. The highest BCUT2D eigenvalue weighted by atomic mass is 16.6. The summed E-state index contributed by atoms with van der Waals surface area (Å²) >= 11 is 0. The quantitative estimate of drug-likeness (QED) is 0.544. The van der Waals surface area contributed by atoms with Crippen molar-refractivity contribution in [1.82, 2.24) is 5.32 Å². The van der Waals surface area contributed by atoms with Crippen molar-refractivity contribution in [2.24, 2.45) is 5.92 Å². The van der Waals surface area contributed by atoms with Gasteiger partial charge in [-0.3, -0.25) is 0 Å². The zero-order valence-electron chi connectivity index (χ0n) is 5.80. The Morgan fingerprint density at radius 3 is 3.30 bits per heavy atom. The number of carbonyl (C=O) groups is 1. The molecule has 56 valence electrons. The molecule has 2 atom stereocenters. The van der Waals surface area contributed by atoms with Crippen LogP contribution >= 0.6 is 0 Å². The van der Waals surface area contributed by atoms with Crippen molar-refractivity contribution in [2.75, 3.05) is 6.61 Å². The molecule has 1 aliphatic heterocycles. The smallest absolute Gasteiger partial charge is 0.407 e. The summed E-state index contributed by atoms with van der Waals surface area (Å²) in [7, 11) is 0. The highest BCUT2D eigenvalue weighted by Crippen LogP contribution is 2.27. The number of alkyl carbamates (subject to hydrolysis) is 1. The zero-order valence-corrected chi connectivity index (χ0v) is 5.80. The molecule has 1 aliphatic carbocycles. The van der Waals surface area contributed by atoms with Gasteiger partial charge in [-0.25, -0.2) is 4.79 Å². The van der Waals surface area contributed by atoms with Crippen molar-refractivity contribution in [3.8, 4) is 0 Å². The Balaban J connectivity index is 2.03. The molecule has 2 rings (SSSR count). The van der Waals surface area contributed by atoms with Crippen LogP contribution in [0.5, 0.6) is 0 Å². The predicted octanol–water partition coefficient (Wildman–Crippen LogP) is 0.895. The number of amides is 1. The van der Waals surface area contributed by atoms with Crippen LogP contribution in [-0.4, -0.2) is 18.7 Å². The van der Waals surface area contributed by atoms with Crippen LogP contribution in [0.4, 0.5) is 4.79 Å². The van der Waals surface area contributed by atoms with Crippen molar-refractivity contribution in [1.29, 1.82) is 0 Å². The second kappa shape index (κ2) is 2.15. The summed E-state index contributed by atoms with van der Waals surface area (Å²) < 4.78 is 4.84. The first-order chi connectivity index (χ1) is 4.86. The van der Waals surface area contributed by atoms with Gasteiger partial charge in [0.05, 0.1) is 6.61 Å². The molecular formula is C7H11NO2. The summed E-state index contributed by atoms with van der Waals surface area (Å²) in [5.74, 6) is 0.595. The van der Waals surface area contributed by atoms with E-state index in [2.05, 4.69) is 5.32 Å². The fourth-order valence-electron chi connectivity index (χ4n) is 1.80. The van der Waals surface area contributed by atoms with Crippen LogP contribution < -0.4 is 5.32 Å². The standard InChI is InChI=1S/C7H11NO2/c9-7-8-6-3-1-2-5(6)4-10-7/h5-6H,1-4H2,(H,8,9)/t5-,6+/m1/s1. The molecule has 1 saturated carbocycles. The average molecular weight is 141 g/mol. The zero-order chi connectivity index (χ0) is 6.97. The number of ether oxygens (including phenoxy) is 1. The molecule has 0 bridgehead atoms. The second-order valence-corrected chi connectivity index (χ2v) is 3.04. The molecule has 3 nitrogen and oxygen atoms in total. The van der Waals surface area contributed by atoms with Gasteiger partial charge in [-0.05, 0) is 12.8 Å². The van der Waals surface area contributed by atoms with Crippen molar-refractivity contribution in [3.63, 3.8) is 0 Å². The van der Waals surface area contributed by atoms with E-state index in [1.54, 1.807) is 0 Å². The predicted molar refractivity (Wildman–Crippen MR) is 35.6 cm³/mol. The van der Waals surface area contributed by atoms with Gasteiger partial charge in [-0.15, -0.1) is 0 Å². The van der Waals surface area contributed by atoms with Gasteiger partial charge in [0.25, 0.3) is 0 Å². The first kappa shape index (κ1) is 6.01. The van der Waals surface area contributed by atoms with E-state index in [1.807, 2.05) is 0 Å². The van der Waals surface area contributed by atoms with E-state index in [-0.39, 0.29) is 6.09 Å². The molecule has 10 heavy (non-hydrogen) atoms. The molecule has 0 aromatic heterocycles. The Bertz CT molecular complexity index is 158.